The molecule has 3 aromatic rings. The Bertz CT molecular complexity index is 740. The van der Waals surface area contributed by atoms with E-state index < -0.39 is 0 Å². The second-order valence-corrected chi connectivity index (χ2v) is 4.03. The van der Waals surface area contributed by atoms with E-state index in [1.54, 1.807) is 6.33 Å². The molecule has 0 aliphatic heterocycles. The Kier molecular flexibility index (Phi) is 2.33. The predicted molar refractivity (Wildman–Crippen MR) is 67.1 cm³/mol. The van der Waals surface area contributed by atoms with Crippen molar-refractivity contribution in [3.05, 3.63) is 54.0 Å². The van der Waals surface area contributed by atoms with E-state index in [-0.39, 0.29) is 5.49 Å². The first-order valence-electron chi connectivity index (χ1n) is 5.52. The van der Waals surface area contributed by atoms with E-state index in [4.69, 9.17) is 11.3 Å². The Morgan fingerprint density at radius 2 is 1.89 bits per heavy atom. The highest BCUT2D eigenvalue weighted by molar-refractivity contribution is 5.68. The molecule has 6 nitrogen and oxygen atoms in total. The molecule has 3 rings (SSSR count). The van der Waals surface area contributed by atoms with Crippen molar-refractivity contribution < 1.29 is 0 Å². The highest BCUT2D eigenvalue weighted by Gasteiger charge is 2.07. The number of nitrogen functional groups attached to an aromatic ring is 1. The largest absolute Gasteiger partial charge is 0.336 e. The molecule has 0 amide bonds. The Morgan fingerprint density at radius 1 is 1.11 bits per heavy atom. The quantitative estimate of drug-likeness (QED) is 0.639. The van der Waals surface area contributed by atoms with E-state index in [0.29, 0.717) is 17.7 Å². The smallest absolute Gasteiger partial charge is 0.175 e. The molecule has 0 atom stereocenters. The first-order valence-corrected chi connectivity index (χ1v) is 5.52. The summed E-state index contributed by atoms with van der Waals surface area (Å²) in [6.45, 7) is 0.679. The van der Waals surface area contributed by atoms with Crippen LogP contribution in [0.25, 0.3) is 11.2 Å². The van der Waals surface area contributed by atoms with Gasteiger partial charge in [-0.05, 0) is 5.56 Å². The molecule has 6 heteroatoms. The second-order valence-electron chi connectivity index (χ2n) is 4.03. The van der Waals surface area contributed by atoms with Crippen molar-refractivity contribution in [3.8, 4) is 0 Å². The van der Waals surface area contributed by atoms with E-state index in [1.807, 2.05) is 34.9 Å². The van der Waals surface area contributed by atoms with Crippen LogP contribution in [0.4, 0.5) is 0 Å². The minimum Gasteiger partial charge on any atom is -0.336 e. The van der Waals surface area contributed by atoms with Crippen molar-refractivity contribution in [2.45, 2.75) is 6.54 Å². The van der Waals surface area contributed by atoms with Crippen LogP contribution in [-0.2, 0) is 6.54 Å². The fraction of sp³-hybridized carbons (Fsp3) is 0.0833. The third-order valence-electron chi connectivity index (χ3n) is 2.79. The molecular weight excluding hydrogens is 228 g/mol. The van der Waals surface area contributed by atoms with Gasteiger partial charge in [0.25, 0.3) is 0 Å². The van der Waals surface area contributed by atoms with Crippen LogP contribution < -0.4 is 11.3 Å². The van der Waals surface area contributed by atoms with Crippen LogP contribution in [0.3, 0.4) is 0 Å². The fourth-order valence-corrected chi connectivity index (χ4v) is 1.87. The van der Waals surface area contributed by atoms with Gasteiger partial charge in [-0.2, -0.15) is 0 Å². The molecule has 1 aromatic carbocycles. The minimum absolute atomic E-state index is 0.159. The van der Waals surface area contributed by atoms with E-state index in [2.05, 4.69) is 9.97 Å². The molecule has 0 bridgehead atoms. The van der Waals surface area contributed by atoms with Gasteiger partial charge in [0.2, 0.25) is 0 Å². The molecule has 0 saturated carbocycles. The van der Waals surface area contributed by atoms with Crippen molar-refractivity contribution in [2.75, 3.05) is 5.84 Å². The molecule has 0 radical (unpaired) electrons. The van der Waals surface area contributed by atoms with Gasteiger partial charge in [-0.1, -0.05) is 30.3 Å². The summed E-state index contributed by atoms with van der Waals surface area (Å²) < 4.78 is 3.06. The molecule has 2 heterocycles. The van der Waals surface area contributed by atoms with Crippen LogP contribution in [0.5, 0.6) is 0 Å². The monoisotopic (exact) mass is 240 g/mol. The maximum atomic E-state index is 7.80. The maximum absolute atomic E-state index is 7.80. The van der Waals surface area contributed by atoms with Crippen LogP contribution in [0.2, 0.25) is 0 Å². The molecule has 18 heavy (non-hydrogen) atoms. The predicted octanol–water partition coefficient (Wildman–Crippen LogP) is 0.474. The Labute approximate surface area is 103 Å². The SMILES string of the molecule is N=c1c2ncn(Cc3ccccc3)c2ncn1N. The van der Waals surface area contributed by atoms with Gasteiger partial charge >= 0.3 is 0 Å². The van der Waals surface area contributed by atoms with Crippen LogP contribution in [0, 0.1) is 5.41 Å². The number of benzene rings is 1. The number of hydrogen-bond donors (Lipinski definition) is 2. The average Bonchev–Trinajstić information content (AvgIpc) is 2.79. The highest BCUT2D eigenvalue weighted by atomic mass is 15.3. The lowest BCUT2D eigenvalue weighted by Crippen LogP contribution is -2.27. The number of nitrogens with one attached hydrogen (secondary N) is 1. The third kappa shape index (κ3) is 1.64. The lowest BCUT2D eigenvalue weighted by molar-refractivity contribution is 0.803. The third-order valence-corrected chi connectivity index (χ3v) is 2.79. The standard InChI is InChI=1S/C12H12N6/c13-11-10-12(16-8-18(11)14)17(7-15-10)6-9-4-2-1-3-5-9/h1-5,7-8,13H,6,14H2. The molecule has 2 aromatic heterocycles. The van der Waals surface area contributed by atoms with Crippen molar-refractivity contribution in [1.82, 2.24) is 19.2 Å². The van der Waals surface area contributed by atoms with Crippen molar-refractivity contribution in [2.24, 2.45) is 0 Å². The average molecular weight is 240 g/mol. The summed E-state index contributed by atoms with van der Waals surface area (Å²) in [6.07, 6.45) is 3.11. The Hall–Kier alpha value is -2.63. The normalized spacial score (nSPS) is 10.9. The van der Waals surface area contributed by atoms with Gasteiger partial charge in [0.05, 0.1) is 12.9 Å². The number of hydrogen-bond acceptors (Lipinski definition) is 4. The first-order chi connectivity index (χ1) is 8.75. The van der Waals surface area contributed by atoms with Crippen LogP contribution >= 0.6 is 0 Å². The zero-order chi connectivity index (χ0) is 12.5. The summed E-state index contributed by atoms with van der Waals surface area (Å²) >= 11 is 0. The fourth-order valence-electron chi connectivity index (χ4n) is 1.87. The zero-order valence-electron chi connectivity index (χ0n) is 9.61. The molecule has 0 saturated heterocycles. The summed E-state index contributed by atoms with van der Waals surface area (Å²) in [4.78, 5) is 8.40. The molecule has 90 valence electrons. The van der Waals surface area contributed by atoms with Crippen molar-refractivity contribution >= 4 is 11.2 Å². The lowest BCUT2D eigenvalue weighted by Gasteiger charge is -2.04. The van der Waals surface area contributed by atoms with E-state index >= 15 is 0 Å². The van der Waals surface area contributed by atoms with Crippen molar-refractivity contribution in [1.29, 1.82) is 5.41 Å². The number of nitrogens with two attached hydrogens (primary N) is 1. The molecule has 3 N–H and O–H groups in total. The summed E-state index contributed by atoms with van der Waals surface area (Å²) in [5, 5.41) is 7.80. The van der Waals surface area contributed by atoms with Gasteiger partial charge in [0, 0.05) is 0 Å². The summed E-state index contributed by atoms with van der Waals surface area (Å²) in [5.74, 6) is 5.57. The molecule has 0 aliphatic rings. The molecule has 0 spiro atoms. The number of nitrogens with zero attached hydrogens (tertiary/aromatic N) is 4. The van der Waals surface area contributed by atoms with Crippen LogP contribution in [-0.4, -0.2) is 19.2 Å². The van der Waals surface area contributed by atoms with Gasteiger partial charge in [0.1, 0.15) is 6.33 Å². The lowest BCUT2D eigenvalue weighted by atomic mass is 10.2. The van der Waals surface area contributed by atoms with E-state index in [0.717, 1.165) is 10.2 Å². The summed E-state index contributed by atoms with van der Waals surface area (Å²) in [6, 6.07) is 10.0. The first kappa shape index (κ1) is 10.5. The molecule has 0 unspecified atom stereocenters. The van der Waals surface area contributed by atoms with Crippen LogP contribution in [0.1, 0.15) is 5.56 Å². The number of rotatable bonds is 2. The zero-order valence-corrected chi connectivity index (χ0v) is 9.61. The van der Waals surface area contributed by atoms with Gasteiger partial charge in [-0.3, -0.25) is 5.41 Å². The molecule has 0 aliphatic carbocycles. The topological polar surface area (TPSA) is 85.5 Å². The Balaban J connectivity index is 2.09. The molecule has 0 fully saturated rings. The van der Waals surface area contributed by atoms with Gasteiger partial charge in [-0.25, -0.2) is 14.6 Å². The van der Waals surface area contributed by atoms with Gasteiger partial charge < -0.3 is 10.4 Å². The van der Waals surface area contributed by atoms with Gasteiger partial charge in [0.15, 0.2) is 16.7 Å². The number of aromatic nitrogens is 4. The maximum Gasteiger partial charge on any atom is 0.175 e. The number of fused-ring (bicyclic) bond motifs is 1. The van der Waals surface area contributed by atoms with Gasteiger partial charge in [-0.15, -0.1) is 0 Å². The minimum atomic E-state index is 0.159. The van der Waals surface area contributed by atoms with Crippen LogP contribution in [0.15, 0.2) is 43.0 Å². The summed E-state index contributed by atoms with van der Waals surface area (Å²) in [7, 11) is 0. The van der Waals surface area contributed by atoms with Crippen molar-refractivity contribution in [3.63, 3.8) is 0 Å². The molecular formula is C12H12N6. The Morgan fingerprint density at radius 3 is 2.67 bits per heavy atom. The second kappa shape index (κ2) is 3.99. The number of imidazole rings is 1. The van der Waals surface area contributed by atoms with E-state index in [1.165, 1.54) is 6.33 Å². The highest BCUT2D eigenvalue weighted by Crippen LogP contribution is 2.08. The summed E-state index contributed by atoms with van der Waals surface area (Å²) in [5.41, 5.74) is 2.50. The van der Waals surface area contributed by atoms with E-state index in [9.17, 15) is 0 Å².